The zero-order valence-electron chi connectivity index (χ0n) is 26.6. The zero-order valence-corrected chi connectivity index (χ0v) is 28.5. The standard InChI is InChI=1S/C32H44N5O5PSi/c1-24(2)41-43(38,42-25(3)4)19-18-26(20-39-37-23-36-29-30(33)34-22-35-31(29)37)21-40-44(32(5,6)7,27-14-10-8-11-15-27)28-16-12-9-13-17-28/h8-19,22-26H,20-21H2,1-7H3,(H2,33,34,35). The number of hydrogen-bond donors (Lipinski definition) is 1. The van der Waals surface area contributed by atoms with E-state index in [1.807, 2.05) is 45.9 Å². The highest BCUT2D eigenvalue weighted by molar-refractivity contribution is 7.57. The van der Waals surface area contributed by atoms with E-state index in [9.17, 15) is 4.57 Å². The molecule has 2 aromatic heterocycles. The lowest BCUT2D eigenvalue weighted by Gasteiger charge is -2.43. The molecule has 2 heterocycles. The Bertz CT molecular complexity index is 1520. The monoisotopic (exact) mass is 637 g/mol. The van der Waals surface area contributed by atoms with E-state index < -0.39 is 15.9 Å². The first-order valence-corrected chi connectivity index (χ1v) is 18.3. The lowest BCUT2D eigenvalue weighted by molar-refractivity contribution is 0.0811. The van der Waals surface area contributed by atoms with Gasteiger partial charge in [-0.3, -0.25) is 4.57 Å². The molecule has 4 rings (SSSR count). The second kappa shape index (κ2) is 14.2. The van der Waals surface area contributed by atoms with E-state index in [4.69, 9.17) is 24.0 Å². The van der Waals surface area contributed by atoms with Gasteiger partial charge in [-0.25, -0.2) is 15.0 Å². The highest BCUT2D eigenvalue weighted by Gasteiger charge is 2.50. The van der Waals surface area contributed by atoms with Crippen LogP contribution >= 0.6 is 7.60 Å². The smallest absolute Gasteiger partial charge is 0.354 e. The summed E-state index contributed by atoms with van der Waals surface area (Å²) in [6.45, 7) is 14.4. The molecule has 4 aromatic rings. The first-order chi connectivity index (χ1) is 20.8. The number of nitrogens with two attached hydrogens (primary N) is 1. The van der Waals surface area contributed by atoms with Crippen LogP contribution in [0.5, 0.6) is 0 Å². The lowest BCUT2D eigenvalue weighted by atomic mass is 10.2. The summed E-state index contributed by atoms with van der Waals surface area (Å²) in [5, 5.41) is 2.09. The van der Waals surface area contributed by atoms with Crippen LogP contribution in [0.1, 0.15) is 48.5 Å². The predicted octanol–water partition coefficient (Wildman–Crippen LogP) is 5.59. The molecule has 0 aliphatic rings. The number of anilines is 1. The Labute approximate surface area is 261 Å². The summed E-state index contributed by atoms with van der Waals surface area (Å²) in [5.41, 5.74) is 6.88. The van der Waals surface area contributed by atoms with Crippen LogP contribution in [-0.4, -0.2) is 53.4 Å². The maximum atomic E-state index is 13.7. The molecular weight excluding hydrogens is 593 g/mol. The number of nitrogen functional groups attached to an aromatic ring is 1. The second-order valence-corrected chi connectivity index (χ2v) is 18.3. The quantitative estimate of drug-likeness (QED) is 0.139. The van der Waals surface area contributed by atoms with Crippen LogP contribution in [0.4, 0.5) is 5.82 Å². The Morgan fingerprint density at radius 1 is 0.886 bits per heavy atom. The molecule has 0 aliphatic heterocycles. The Morgan fingerprint density at radius 3 is 1.98 bits per heavy atom. The van der Waals surface area contributed by atoms with Crippen LogP contribution < -0.4 is 20.9 Å². The third kappa shape index (κ3) is 7.83. The van der Waals surface area contributed by atoms with Gasteiger partial charge in [0.25, 0.3) is 8.32 Å². The van der Waals surface area contributed by atoms with E-state index in [2.05, 4.69) is 84.3 Å². The van der Waals surface area contributed by atoms with Gasteiger partial charge in [0.05, 0.1) is 12.2 Å². The molecule has 2 aromatic carbocycles. The molecule has 0 radical (unpaired) electrons. The van der Waals surface area contributed by atoms with Crippen molar-refractivity contribution in [1.82, 2.24) is 19.7 Å². The number of nitrogens with zero attached hydrogens (tertiary/aromatic N) is 4. The minimum Gasteiger partial charge on any atom is -0.410 e. The van der Waals surface area contributed by atoms with Crippen LogP contribution in [0.25, 0.3) is 11.2 Å². The third-order valence-corrected chi connectivity index (χ3v) is 13.9. The van der Waals surface area contributed by atoms with Crippen LogP contribution in [0.3, 0.4) is 0 Å². The number of aromatic nitrogens is 4. The van der Waals surface area contributed by atoms with Crippen molar-refractivity contribution < 1.29 is 22.9 Å². The van der Waals surface area contributed by atoms with Gasteiger partial charge in [0.1, 0.15) is 19.3 Å². The third-order valence-electron chi connectivity index (χ3n) is 6.95. The number of rotatable bonds is 14. The average molecular weight is 638 g/mol. The van der Waals surface area contributed by atoms with Gasteiger partial charge in [0, 0.05) is 18.3 Å². The molecule has 0 fully saturated rings. The Hall–Kier alpha value is -3.34. The first-order valence-electron chi connectivity index (χ1n) is 14.8. The minimum absolute atomic E-state index is 0.160. The molecule has 0 aliphatic carbocycles. The van der Waals surface area contributed by atoms with Crippen LogP contribution in [0, 0.1) is 5.92 Å². The average Bonchev–Trinajstić information content (AvgIpc) is 3.38. The molecular formula is C32H44N5O5PSi. The van der Waals surface area contributed by atoms with Gasteiger partial charge < -0.3 is 24.0 Å². The van der Waals surface area contributed by atoms with Gasteiger partial charge in [0.2, 0.25) is 5.65 Å². The van der Waals surface area contributed by atoms with Crippen LogP contribution in [0.15, 0.2) is 85.2 Å². The summed E-state index contributed by atoms with van der Waals surface area (Å²) in [7, 11) is -6.43. The van der Waals surface area contributed by atoms with Crippen molar-refractivity contribution >= 4 is 43.3 Å². The highest BCUT2D eigenvalue weighted by Crippen LogP contribution is 2.52. The maximum absolute atomic E-state index is 13.7. The molecule has 236 valence electrons. The topological polar surface area (TPSA) is 124 Å². The van der Waals surface area contributed by atoms with Crippen molar-refractivity contribution in [1.29, 1.82) is 0 Å². The normalized spacial score (nSPS) is 13.8. The van der Waals surface area contributed by atoms with E-state index in [1.54, 1.807) is 0 Å². The Kier molecular flexibility index (Phi) is 10.8. The van der Waals surface area contributed by atoms with Gasteiger partial charge in [-0.05, 0) is 43.1 Å². The summed E-state index contributed by atoms with van der Waals surface area (Å²) in [4.78, 5) is 18.8. The highest BCUT2D eigenvalue weighted by atomic mass is 31.2. The molecule has 0 saturated heterocycles. The maximum Gasteiger partial charge on any atom is 0.354 e. The van der Waals surface area contributed by atoms with Crippen molar-refractivity contribution in [3.63, 3.8) is 0 Å². The van der Waals surface area contributed by atoms with E-state index in [0.29, 0.717) is 11.2 Å². The summed E-state index contributed by atoms with van der Waals surface area (Å²) >= 11 is 0. The summed E-state index contributed by atoms with van der Waals surface area (Å²) in [6.07, 6.45) is 4.09. The summed E-state index contributed by atoms with van der Waals surface area (Å²) < 4.78 is 34.0. The van der Waals surface area contributed by atoms with Crippen LogP contribution in [-0.2, 0) is 18.0 Å². The Balaban J connectivity index is 1.73. The fourth-order valence-corrected chi connectivity index (χ4v) is 11.6. The molecule has 0 spiro atoms. The van der Waals surface area contributed by atoms with E-state index >= 15 is 0 Å². The fourth-order valence-electron chi connectivity index (χ4n) is 5.17. The van der Waals surface area contributed by atoms with Crippen LogP contribution in [0.2, 0.25) is 5.04 Å². The van der Waals surface area contributed by atoms with Gasteiger partial charge in [-0.1, -0.05) is 87.5 Å². The van der Waals surface area contributed by atoms with Crippen molar-refractivity contribution in [2.24, 2.45) is 5.92 Å². The number of hydrogen-bond acceptors (Lipinski definition) is 9. The van der Waals surface area contributed by atoms with Gasteiger partial charge in [-0.2, -0.15) is 4.73 Å². The van der Waals surface area contributed by atoms with Crippen molar-refractivity contribution in [3.05, 3.63) is 85.2 Å². The lowest BCUT2D eigenvalue weighted by Crippen LogP contribution is -2.67. The SMILES string of the molecule is CC(C)OP(=O)(C=CC(COn1cnc2c(N)ncnc21)CO[Si](c1ccccc1)(c1ccccc1)C(C)(C)C)OC(C)C. The predicted molar refractivity (Wildman–Crippen MR) is 177 cm³/mol. The van der Waals surface area contributed by atoms with Crippen molar-refractivity contribution in [3.8, 4) is 0 Å². The molecule has 10 nitrogen and oxygen atoms in total. The minimum atomic E-state index is -3.56. The molecule has 0 amide bonds. The molecule has 1 atom stereocenters. The fraction of sp³-hybridized carbons (Fsp3) is 0.406. The van der Waals surface area contributed by atoms with E-state index in [0.717, 1.165) is 10.4 Å². The number of fused-ring (bicyclic) bond motifs is 1. The largest absolute Gasteiger partial charge is 0.410 e. The number of imidazole rings is 1. The summed E-state index contributed by atoms with van der Waals surface area (Å²) in [6, 6.07) is 20.8. The van der Waals surface area contributed by atoms with Gasteiger partial charge >= 0.3 is 7.60 Å². The Morgan fingerprint density at radius 2 is 1.45 bits per heavy atom. The van der Waals surface area contributed by atoms with E-state index in [1.165, 1.54) is 23.2 Å². The van der Waals surface area contributed by atoms with E-state index in [-0.39, 0.29) is 42.2 Å². The second-order valence-electron chi connectivity index (χ2n) is 12.2. The van der Waals surface area contributed by atoms with Gasteiger partial charge in [0.15, 0.2) is 11.3 Å². The first kappa shape index (κ1) is 33.5. The van der Waals surface area contributed by atoms with Gasteiger partial charge in [-0.15, -0.1) is 0 Å². The zero-order chi connectivity index (χ0) is 32.0. The molecule has 0 saturated carbocycles. The molecule has 1 unspecified atom stereocenters. The molecule has 2 N–H and O–H groups in total. The van der Waals surface area contributed by atoms with Crippen molar-refractivity contribution in [2.75, 3.05) is 18.9 Å². The van der Waals surface area contributed by atoms with Crippen molar-refractivity contribution in [2.45, 2.75) is 65.7 Å². The summed E-state index contributed by atoms with van der Waals surface area (Å²) in [5.74, 6) is 1.44. The molecule has 12 heteroatoms. The molecule has 0 bridgehead atoms. The molecule has 44 heavy (non-hydrogen) atoms. The number of benzene rings is 2.